The number of rotatable bonds is 4. The van der Waals surface area contributed by atoms with Crippen LogP contribution in [0.25, 0.3) is 0 Å². The summed E-state index contributed by atoms with van der Waals surface area (Å²) in [5, 5.41) is 3.41. The molecule has 1 N–H and O–H groups in total. The van der Waals surface area contributed by atoms with Gasteiger partial charge in [0.15, 0.2) is 0 Å². The van der Waals surface area contributed by atoms with Crippen molar-refractivity contribution in [2.24, 2.45) is 5.92 Å². The molecule has 0 radical (unpaired) electrons. The minimum absolute atomic E-state index is 0.0646. The lowest BCUT2D eigenvalue weighted by molar-refractivity contribution is -0.126. The first kappa shape index (κ1) is 15.5. The maximum atomic E-state index is 12.3. The molecule has 0 bridgehead atoms. The molecular weight excluding hydrogens is 314 g/mol. The number of nitrogens with one attached hydrogen (secondary N) is 1. The predicted molar refractivity (Wildman–Crippen MR) is 88.0 cm³/mol. The first-order valence-corrected chi connectivity index (χ1v) is 7.75. The molecule has 1 atom stereocenters. The molecule has 5 nitrogen and oxygen atoms in total. The van der Waals surface area contributed by atoms with Crippen LogP contribution in [0.1, 0.15) is 12.1 Å². The minimum Gasteiger partial charge on any atom is -0.350 e. The van der Waals surface area contributed by atoms with Gasteiger partial charge in [-0.25, -0.2) is 0 Å². The molecule has 1 aromatic carbocycles. The molecular formula is C17H16ClN3O2. The number of hydrogen-bond donors (Lipinski definition) is 1. The number of carbonyl (C=O) groups excluding carboxylic acids is 2. The highest BCUT2D eigenvalue weighted by Gasteiger charge is 2.35. The lowest BCUT2D eigenvalue weighted by atomic mass is 10.1. The Balaban J connectivity index is 1.62. The Kier molecular flexibility index (Phi) is 4.57. The molecule has 0 aliphatic carbocycles. The van der Waals surface area contributed by atoms with E-state index in [1.165, 1.54) is 0 Å². The van der Waals surface area contributed by atoms with Crippen molar-refractivity contribution in [3.05, 3.63) is 59.4 Å². The summed E-state index contributed by atoms with van der Waals surface area (Å²) in [6.07, 6.45) is 1.89. The van der Waals surface area contributed by atoms with Crippen molar-refractivity contribution in [3.63, 3.8) is 0 Å². The van der Waals surface area contributed by atoms with Gasteiger partial charge >= 0.3 is 0 Å². The van der Waals surface area contributed by atoms with E-state index in [2.05, 4.69) is 10.3 Å². The monoisotopic (exact) mass is 329 g/mol. The van der Waals surface area contributed by atoms with Gasteiger partial charge in [-0.15, -0.1) is 0 Å². The number of amides is 2. The number of halogens is 1. The smallest absolute Gasteiger partial charge is 0.227 e. The zero-order valence-corrected chi connectivity index (χ0v) is 13.2. The normalized spacial score (nSPS) is 17.3. The van der Waals surface area contributed by atoms with Gasteiger partial charge in [0.2, 0.25) is 11.8 Å². The Hall–Kier alpha value is -2.40. The standard InChI is InChI=1S/C17H16ClN3O2/c18-13-4-3-6-15(9-13)21-11-12(8-16(21)22)17(23)20-10-14-5-1-2-7-19-14/h1-7,9,12H,8,10-11H2,(H,20,23)/t12-/m1/s1. The molecule has 118 valence electrons. The third kappa shape index (κ3) is 3.68. The molecule has 1 fully saturated rings. The third-order valence-electron chi connectivity index (χ3n) is 3.79. The van der Waals surface area contributed by atoms with Gasteiger partial charge in [0.25, 0.3) is 0 Å². The fourth-order valence-electron chi connectivity index (χ4n) is 2.60. The van der Waals surface area contributed by atoms with E-state index in [0.29, 0.717) is 18.1 Å². The molecule has 23 heavy (non-hydrogen) atoms. The summed E-state index contributed by atoms with van der Waals surface area (Å²) in [6, 6.07) is 12.6. The van der Waals surface area contributed by atoms with Crippen LogP contribution in [0.2, 0.25) is 5.02 Å². The number of nitrogens with zero attached hydrogens (tertiary/aromatic N) is 2. The molecule has 2 aromatic rings. The maximum Gasteiger partial charge on any atom is 0.227 e. The summed E-state index contributed by atoms with van der Waals surface area (Å²) in [7, 11) is 0. The van der Waals surface area contributed by atoms with Gasteiger partial charge in [-0.05, 0) is 30.3 Å². The van der Waals surface area contributed by atoms with Crippen molar-refractivity contribution in [1.82, 2.24) is 10.3 Å². The lowest BCUT2D eigenvalue weighted by Crippen LogP contribution is -2.32. The zero-order chi connectivity index (χ0) is 16.2. The molecule has 1 aliphatic heterocycles. The van der Waals surface area contributed by atoms with Gasteiger partial charge in [0, 0.05) is 29.9 Å². The minimum atomic E-state index is -0.356. The largest absolute Gasteiger partial charge is 0.350 e. The highest BCUT2D eigenvalue weighted by molar-refractivity contribution is 6.30. The van der Waals surface area contributed by atoms with E-state index >= 15 is 0 Å². The molecule has 2 heterocycles. The molecule has 0 unspecified atom stereocenters. The first-order chi connectivity index (χ1) is 11.1. The molecule has 6 heteroatoms. The summed E-state index contributed by atoms with van der Waals surface area (Å²) >= 11 is 5.96. The van der Waals surface area contributed by atoms with Gasteiger partial charge in [0.05, 0.1) is 18.2 Å². The summed E-state index contributed by atoms with van der Waals surface area (Å²) in [5.74, 6) is -0.552. The Labute approximate surface area is 139 Å². The molecule has 0 saturated carbocycles. The Bertz CT molecular complexity index is 721. The number of carbonyl (C=O) groups is 2. The van der Waals surface area contributed by atoms with E-state index in [1.807, 2.05) is 24.3 Å². The van der Waals surface area contributed by atoms with E-state index < -0.39 is 0 Å². The van der Waals surface area contributed by atoms with Crippen molar-refractivity contribution >= 4 is 29.1 Å². The van der Waals surface area contributed by atoms with Crippen LogP contribution in [0.15, 0.2) is 48.7 Å². The summed E-state index contributed by atoms with van der Waals surface area (Å²) < 4.78 is 0. The molecule has 0 spiro atoms. The Morgan fingerprint density at radius 2 is 2.17 bits per heavy atom. The number of benzene rings is 1. The Morgan fingerprint density at radius 1 is 1.30 bits per heavy atom. The van der Waals surface area contributed by atoms with Gasteiger partial charge in [-0.3, -0.25) is 14.6 Å². The summed E-state index contributed by atoms with van der Waals surface area (Å²) in [5.41, 5.74) is 1.51. The van der Waals surface area contributed by atoms with Crippen LogP contribution in [0.5, 0.6) is 0 Å². The van der Waals surface area contributed by atoms with E-state index in [9.17, 15) is 9.59 Å². The maximum absolute atomic E-state index is 12.3. The van der Waals surface area contributed by atoms with Crippen LogP contribution in [0.3, 0.4) is 0 Å². The predicted octanol–water partition coefficient (Wildman–Crippen LogP) is 2.40. The van der Waals surface area contributed by atoms with Crippen molar-refractivity contribution in [1.29, 1.82) is 0 Å². The highest BCUT2D eigenvalue weighted by atomic mass is 35.5. The van der Waals surface area contributed by atoms with Crippen LogP contribution >= 0.6 is 11.6 Å². The molecule has 1 aliphatic rings. The van der Waals surface area contributed by atoms with Crippen LogP contribution < -0.4 is 10.2 Å². The molecule has 2 amide bonds. The highest BCUT2D eigenvalue weighted by Crippen LogP contribution is 2.27. The van der Waals surface area contributed by atoms with E-state index in [-0.39, 0.29) is 24.2 Å². The number of hydrogen-bond acceptors (Lipinski definition) is 3. The average Bonchev–Trinajstić information content (AvgIpc) is 2.95. The van der Waals surface area contributed by atoms with Crippen LogP contribution in [0, 0.1) is 5.92 Å². The van der Waals surface area contributed by atoms with Gasteiger partial charge < -0.3 is 10.2 Å². The van der Waals surface area contributed by atoms with E-state index in [0.717, 1.165) is 11.4 Å². The first-order valence-electron chi connectivity index (χ1n) is 7.37. The summed E-state index contributed by atoms with van der Waals surface area (Å²) in [4.78, 5) is 30.2. The number of anilines is 1. The molecule has 1 aromatic heterocycles. The Morgan fingerprint density at radius 3 is 2.91 bits per heavy atom. The topological polar surface area (TPSA) is 62.3 Å². The second kappa shape index (κ2) is 6.79. The van der Waals surface area contributed by atoms with Gasteiger partial charge in [-0.2, -0.15) is 0 Å². The molecule has 3 rings (SSSR count). The van der Waals surface area contributed by atoms with Gasteiger partial charge in [-0.1, -0.05) is 23.7 Å². The fraction of sp³-hybridized carbons (Fsp3) is 0.235. The third-order valence-corrected chi connectivity index (χ3v) is 4.02. The zero-order valence-electron chi connectivity index (χ0n) is 12.4. The van der Waals surface area contributed by atoms with Crippen molar-refractivity contribution in [3.8, 4) is 0 Å². The van der Waals surface area contributed by atoms with Crippen molar-refractivity contribution in [2.75, 3.05) is 11.4 Å². The van der Waals surface area contributed by atoms with Crippen LogP contribution in [-0.4, -0.2) is 23.3 Å². The van der Waals surface area contributed by atoms with Crippen LogP contribution in [-0.2, 0) is 16.1 Å². The van der Waals surface area contributed by atoms with Crippen molar-refractivity contribution in [2.45, 2.75) is 13.0 Å². The summed E-state index contributed by atoms with van der Waals surface area (Å²) in [6.45, 7) is 0.731. The SMILES string of the molecule is O=C(NCc1ccccn1)[C@@H]1CC(=O)N(c2cccc(Cl)c2)C1. The average molecular weight is 330 g/mol. The second-order valence-corrected chi connectivity index (χ2v) is 5.86. The number of pyridine rings is 1. The van der Waals surface area contributed by atoms with Gasteiger partial charge in [0.1, 0.15) is 0 Å². The van der Waals surface area contributed by atoms with Crippen molar-refractivity contribution < 1.29 is 9.59 Å². The van der Waals surface area contributed by atoms with E-state index in [1.54, 1.807) is 29.3 Å². The van der Waals surface area contributed by atoms with Crippen LogP contribution in [0.4, 0.5) is 5.69 Å². The number of aromatic nitrogens is 1. The molecule has 1 saturated heterocycles. The fourth-order valence-corrected chi connectivity index (χ4v) is 2.79. The quantitative estimate of drug-likeness (QED) is 0.937. The second-order valence-electron chi connectivity index (χ2n) is 5.42. The lowest BCUT2D eigenvalue weighted by Gasteiger charge is -2.17. The van der Waals surface area contributed by atoms with E-state index in [4.69, 9.17) is 11.6 Å².